The number of aliphatic hydroxyl groups is 1. The molecule has 2 heterocycles. The molecule has 6 rings (SSSR count). The molecule has 2 unspecified atom stereocenters. The summed E-state index contributed by atoms with van der Waals surface area (Å²) in [5, 5.41) is 11.7. The first-order valence-corrected chi connectivity index (χ1v) is 12.5. The maximum Gasteiger partial charge on any atom is 0.410 e. The Labute approximate surface area is 206 Å². The van der Waals surface area contributed by atoms with E-state index in [0.717, 1.165) is 11.1 Å². The summed E-state index contributed by atoms with van der Waals surface area (Å²) in [5.74, 6) is 0.0272. The van der Waals surface area contributed by atoms with E-state index in [4.69, 9.17) is 9.47 Å². The molecule has 180 valence electrons. The van der Waals surface area contributed by atoms with Crippen molar-refractivity contribution in [3.63, 3.8) is 0 Å². The fraction of sp³-hybridized carbons (Fsp3) is 0.367. The smallest absolute Gasteiger partial charge is 0.410 e. The van der Waals surface area contributed by atoms with E-state index >= 15 is 0 Å². The standard InChI is InChI=1S/C30H31NO4/c1-19-11-12-28(20(2)13-19)30(33)14-21-16-34-17-22(15-30)31(21)29(32)35-18-27-25-9-5-3-7-23(25)24-8-4-6-10-26(24)27/h3-13,21-22,27,33H,14-18H2,1-2H3. The van der Waals surface area contributed by atoms with Gasteiger partial charge in [0.15, 0.2) is 0 Å². The van der Waals surface area contributed by atoms with Crippen molar-refractivity contribution >= 4 is 6.09 Å². The first kappa shape index (κ1) is 22.3. The van der Waals surface area contributed by atoms with Crippen LogP contribution in [0.1, 0.15) is 46.6 Å². The molecule has 3 aromatic carbocycles. The number of morpholine rings is 1. The van der Waals surface area contributed by atoms with Crippen LogP contribution in [0.15, 0.2) is 66.7 Å². The zero-order valence-electron chi connectivity index (χ0n) is 20.2. The fourth-order valence-corrected chi connectivity index (χ4v) is 6.50. The van der Waals surface area contributed by atoms with E-state index in [-0.39, 0.29) is 24.1 Å². The maximum absolute atomic E-state index is 13.4. The molecule has 2 bridgehead atoms. The third-order valence-electron chi connectivity index (χ3n) is 7.98. The lowest BCUT2D eigenvalue weighted by Gasteiger charge is -2.51. The monoisotopic (exact) mass is 469 g/mol. The van der Waals surface area contributed by atoms with Gasteiger partial charge in [-0.05, 0) is 47.2 Å². The van der Waals surface area contributed by atoms with Crippen molar-refractivity contribution in [3.05, 3.63) is 94.5 Å². The zero-order chi connectivity index (χ0) is 24.2. The second-order valence-corrected chi connectivity index (χ2v) is 10.3. The second kappa shape index (κ2) is 8.51. The third kappa shape index (κ3) is 3.74. The highest BCUT2D eigenvalue weighted by atomic mass is 16.6. The van der Waals surface area contributed by atoms with Gasteiger partial charge in [0.1, 0.15) is 6.61 Å². The molecular formula is C30H31NO4. The quantitative estimate of drug-likeness (QED) is 0.565. The number of aryl methyl sites for hydroxylation is 2. The van der Waals surface area contributed by atoms with Crippen LogP contribution in [-0.4, -0.2) is 48.0 Å². The Kier molecular flexibility index (Phi) is 5.42. The Bertz CT molecular complexity index is 1230. The highest BCUT2D eigenvalue weighted by Gasteiger charge is 2.50. The Morgan fingerprint density at radius 1 is 0.971 bits per heavy atom. The molecule has 2 atom stereocenters. The molecule has 35 heavy (non-hydrogen) atoms. The number of carbonyl (C=O) groups is 1. The molecule has 1 N–H and O–H groups in total. The number of rotatable bonds is 3. The summed E-state index contributed by atoms with van der Waals surface area (Å²) in [5.41, 5.74) is 7.07. The van der Waals surface area contributed by atoms with Gasteiger partial charge in [0.05, 0.1) is 30.9 Å². The number of ether oxygens (including phenoxy) is 2. The van der Waals surface area contributed by atoms with Crippen LogP contribution < -0.4 is 0 Å². The Morgan fingerprint density at radius 3 is 2.17 bits per heavy atom. The molecule has 2 saturated heterocycles. The van der Waals surface area contributed by atoms with Crippen molar-refractivity contribution in [2.45, 2.75) is 50.3 Å². The summed E-state index contributed by atoms with van der Waals surface area (Å²) in [6.07, 6.45) is 0.572. The largest absolute Gasteiger partial charge is 0.448 e. The Balaban J connectivity index is 1.21. The molecule has 2 aliphatic heterocycles. The lowest BCUT2D eigenvalue weighted by molar-refractivity contribution is -0.136. The van der Waals surface area contributed by atoms with Crippen molar-refractivity contribution in [1.82, 2.24) is 4.90 Å². The van der Waals surface area contributed by atoms with E-state index in [9.17, 15) is 9.90 Å². The minimum absolute atomic E-state index is 0.0272. The lowest BCUT2D eigenvalue weighted by atomic mass is 9.75. The van der Waals surface area contributed by atoms with Crippen molar-refractivity contribution in [2.75, 3.05) is 19.8 Å². The van der Waals surface area contributed by atoms with Gasteiger partial charge in [0.25, 0.3) is 0 Å². The second-order valence-electron chi connectivity index (χ2n) is 10.3. The van der Waals surface area contributed by atoms with Gasteiger partial charge in [0.2, 0.25) is 0 Å². The summed E-state index contributed by atoms with van der Waals surface area (Å²) < 4.78 is 11.8. The number of fused-ring (bicyclic) bond motifs is 5. The molecule has 0 radical (unpaired) electrons. The summed E-state index contributed by atoms with van der Waals surface area (Å²) >= 11 is 0. The van der Waals surface area contributed by atoms with Crippen LogP contribution >= 0.6 is 0 Å². The molecule has 3 aliphatic rings. The number of nitrogens with zero attached hydrogens (tertiary/aromatic N) is 1. The molecular weight excluding hydrogens is 438 g/mol. The van der Waals surface area contributed by atoms with E-state index in [1.807, 2.05) is 36.1 Å². The molecule has 0 spiro atoms. The summed E-state index contributed by atoms with van der Waals surface area (Å²) in [6, 6.07) is 22.5. The number of hydrogen-bond donors (Lipinski definition) is 1. The average Bonchev–Trinajstić information content (AvgIpc) is 3.15. The van der Waals surface area contributed by atoms with Gasteiger partial charge in [-0.2, -0.15) is 0 Å². The molecule has 1 amide bonds. The van der Waals surface area contributed by atoms with Crippen molar-refractivity contribution in [1.29, 1.82) is 0 Å². The molecule has 1 aliphatic carbocycles. The normalized spacial score (nSPS) is 25.2. The summed E-state index contributed by atoms with van der Waals surface area (Å²) in [7, 11) is 0. The van der Waals surface area contributed by atoms with Crippen LogP contribution in [0.25, 0.3) is 11.1 Å². The summed E-state index contributed by atoms with van der Waals surface area (Å²) in [6.45, 7) is 5.22. The van der Waals surface area contributed by atoms with E-state index in [1.54, 1.807) is 0 Å². The fourth-order valence-electron chi connectivity index (χ4n) is 6.50. The van der Waals surface area contributed by atoms with Crippen LogP contribution in [-0.2, 0) is 15.1 Å². The van der Waals surface area contributed by atoms with E-state index in [2.05, 4.69) is 49.4 Å². The van der Waals surface area contributed by atoms with E-state index < -0.39 is 5.60 Å². The van der Waals surface area contributed by atoms with Crippen LogP contribution in [0.4, 0.5) is 4.79 Å². The Hall–Kier alpha value is -3.15. The lowest BCUT2D eigenvalue weighted by Crippen LogP contribution is -2.62. The number of benzene rings is 3. The van der Waals surface area contributed by atoms with Gasteiger partial charge < -0.3 is 14.6 Å². The zero-order valence-corrected chi connectivity index (χ0v) is 20.2. The van der Waals surface area contributed by atoms with Crippen LogP contribution in [0.2, 0.25) is 0 Å². The number of carbonyl (C=O) groups excluding carboxylic acids is 1. The molecule has 3 aromatic rings. The van der Waals surface area contributed by atoms with Crippen LogP contribution in [0.5, 0.6) is 0 Å². The first-order valence-electron chi connectivity index (χ1n) is 12.5. The molecule has 0 saturated carbocycles. The van der Waals surface area contributed by atoms with Crippen LogP contribution in [0, 0.1) is 13.8 Å². The molecule has 5 nitrogen and oxygen atoms in total. The first-order chi connectivity index (χ1) is 16.9. The number of piperidine rings is 1. The van der Waals surface area contributed by atoms with Crippen molar-refractivity contribution in [2.24, 2.45) is 0 Å². The Morgan fingerprint density at radius 2 is 1.57 bits per heavy atom. The molecule has 2 fully saturated rings. The third-order valence-corrected chi connectivity index (χ3v) is 7.98. The van der Waals surface area contributed by atoms with Gasteiger partial charge in [0, 0.05) is 18.8 Å². The maximum atomic E-state index is 13.4. The topological polar surface area (TPSA) is 59.0 Å². The van der Waals surface area contributed by atoms with Gasteiger partial charge in [-0.25, -0.2) is 4.79 Å². The summed E-state index contributed by atoms with van der Waals surface area (Å²) in [4.78, 5) is 15.2. The van der Waals surface area contributed by atoms with Crippen LogP contribution in [0.3, 0.4) is 0 Å². The van der Waals surface area contributed by atoms with Gasteiger partial charge in [-0.1, -0.05) is 72.3 Å². The highest BCUT2D eigenvalue weighted by molar-refractivity contribution is 5.79. The molecule has 5 heteroatoms. The van der Waals surface area contributed by atoms with Gasteiger partial charge in [-0.3, -0.25) is 4.90 Å². The minimum atomic E-state index is -0.975. The highest BCUT2D eigenvalue weighted by Crippen LogP contribution is 2.45. The average molecular weight is 470 g/mol. The van der Waals surface area contributed by atoms with Crippen molar-refractivity contribution in [3.8, 4) is 11.1 Å². The predicted molar refractivity (Wildman–Crippen MR) is 134 cm³/mol. The predicted octanol–water partition coefficient (Wildman–Crippen LogP) is 5.30. The van der Waals surface area contributed by atoms with Gasteiger partial charge >= 0.3 is 6.09 Å². The van der Waals surface area contributed by atoms with Crippen molar-refractivity contribution < 1.29 is 19.4 Å². The molecule has 0 aromatic heterocycles. The SMILES string of the molecule is Cc1ccc(C2(O)CC3COCC(C2)N3C(=O)OCC2c3ccccc3-c3ccccc32)c(C)c1. The number of hydrogen-bond acceptors (Lipinski definition) is 4. The number of amides is 1. The van der Waals surface area contributed by atoms with E-state index in [1.165, 1.54) is 27.8 Å². The van der Waals surface area contributed by atoms with Gasteiger partial charge in [-0.15, -0.1) is 0 Å². The van der Waals surface area contributed by atoms with E-state index in [0.29, 0.717) is 32.7 Å². The minimum Gasteiger partial charge on any atom is -0.448 e.